The summed E-state index contributed by atoms with van der Waals surface area (Å²) in [6.07, 6.45) is 1.21. The highest BCUT2D eigenvalue weighted by Gasteiger charge is 2.17. The van der Waals surface area contributed by atoms with Gasteiger partial charge in [0.25, 0.3) is 5.91 Å². The summed E-state index contributed by atoms with van der Waals surface area (Å²) in [4.78, 5) is 33.1. The van der Waals surface area contributed by atoms with Crippen molar-refractivity contribution in [3.05, 3.63) is 62.1 Å². The largest absolute Gasteiger partial charge is 0.501 e. The van der Waals surface area contributed by atoms with Crippen molar-refractivity contribution in [2.45, 2.75) is 6.92 Å². The van der Waals surface area contributed by atoms with E-state index < -0.39 is 22.3 Å². The molecule has 9 nitrogen and oxygen atoms in total. The van der Waals surface area contributed by atoms with Gasteiger partial charge in [-0.1, -0.05) is 0 Å². The second kappa shape index (κ2) is 8.21. The fourth-order valence-electron chi connectivity index (χ4n) is 1.96. The first-order valence-corrected chi connectivity index (χ1v) is 7.95. The minimum absolute atomic E-state index is 0.132. The molecule has 0 unspecified atom stereocenters. The smallest absolute Gasteiger partial charge is 0.312 e. The molecule has 0 aliphatic carbocycles. The second-order valence-electron chi connectivity index (χ2n) is 5.09. The molecular formula is C16H13BrN4O5. The molecule has 0 saturated carbocycles. The van der Waals surface area contributed by atoms with Crippen LogP contribution in [0.3, 0.4) is 0 Å². The van der Waals surface area contributed by atoms with E-state index in [-0.39, 0.29) is 10.4 Å². The van der Waals surface area contributed by atoms with Crippen molar-refractivity contribution in [1.82, 2.24) is 5.43 Å². The maximum atomic E-state index is 12.0. The molecule has 0 fully saturated rings. The number of anilines is 1. The molecular weight excluding hydrogens is 408 g/mol. The van der Waals surface area contributed by atoms with Gasteiger partial charge < -0.3 is 10.4 Å². The van der Waals surface area contributed by atoms with Gasteiger partial charge in [0.1, 0.15) is 0 Å². The van der Waals surface area contributed by atoms with E-state index in [9.17, 15) is 24.8 Å². The van der Waals surface area contributed by atoms with Crippen LogP contribution >= 0.6 is 15.9 Å². The Morgan fingerprint density at radius 3 is 2.50 bits per heavy atom. The van der Waals surface area contributed by atoms with E-state index in [0.29, 0.717) is 16.8 Å². The Hall–Kier alpha value is -3.27. The van der Waals surface area contributed by atoms with Gasteiger partial charge in [-0.05, 0) is 46.3 Å². The molecule has 2 aromatic rings. The quantitative estimate of drug-likeness (QED) is 0.388. The van der Waals surface area contributed by atoms with Crippen LogP contribution in [0.25, 0.3) is 0 Å². The van der Waals surface area contributed by atoms with Crippen LogP contribution in [0.1, 0.15) is 22.8 Å². The first-order chi connectivity index (χ1) is 12.3. The Labute approximate surface area is 156 Å². The lowest BCUT2D eigenvalue weighted by molar-refractivity contribution is -0.386. The summed E-state index contributed by atoms with van der Waals surface area (Å²) in [7, 11) is 0. The van der Waals surface area contributed by atoms with E-state index in [1.165, 1.54) is 31.3 Å². The topological polar surface area (TPSA) is 134 Å². The predicted octanol–water partition coefficient (Wildman–Crippen LogP) is 2.79. The fraction of sp³-hybridized carbons (Fsp3) is 0.0625. The zero-order valence-corrected chi connectivity index (χ0v) is 15.0. The number of hydrogen-bond acceptors (Lipinski definition) is 6. The summed E-state index contributed by atoms with van der Waals surface area (Å²) in [5, 5.41) is 26.8. The van der Waals surface area contributed by atoms with Gasteiger partial charge in [-0.2, -0.15) is 5.10 Å². The summed E-state index contributed by atoms with van der Waals surface area (Å²) >= 11 is 3.01. The van der Waals surface area contributed by atoms with Crippen LogP contribution in [0.15, 0.2) is 46.0 Å². The number of nitrogens with zero attached hydrogens (tertiary/aromatic N) is 2. The molecule has 0 radical (unpaired) electrons. The number of aromatic hydroxyl groups is 1. The zero-order valence-electron chi connectivity index (χ0n) is 13.4. The standard InChI is InChI=1S/C16H13BrN4O5/c1-9(22)19-12-4-2-11(3-5-12)16(24)20-18-8-10-6-13(17)15(23)14(7-10)21(25)26/h2-8,23H,1H3,(H,19,22)(H,20,24). The van der Waals surface area contributed by atoms with E-state index in [2.05, 4.69) is 31.8 Å². The average molecular weight is 421 g/mol. The van der Waals surface area contributed by atoms with Crippen molar-refractivity contribution in [3.8, 4) is 5.75 Å². The van der Waals surface area contributed by atoms with Crippen molar-refractivity contribution in [3.63, 3.8) is 0 Å². The number of phenols is 1. The van der Waals surface area contributed by atoms with Crippen LogP contribution in [-0.2, 0) is 4.79 Å². The number of nitro benzene ring substituents is 1. The van der Waals surface area contributed by atoms with E-state index >= 15 is 0 Å². The summed E-state index contributed by atoms with van der Waals surface area (Å²) in [6, 6.07) is 8.70. The molecule has 2 rings (SSSR count). The molecule has 3 N–H and O–H groups in total. The molecule has 10 heteroatoms. The van der Waals surface area contributed by atoms with Crippen molar-refractivity contribution in [2.75, 3.05) is 5.32 Å². The normalized spacial score (nSPS) is 10.5. The summed E-state index contributed by atoms with van der Waals surface area (Å²) < 4.78 is 0.132. The third-order valence-corrected chi connectivity index (χ3v) is 3.71. The third kappa shape index (κ3) is 4.86. The average Bonchev–Trinajstić information content (AvgIpc) is 2.57. The zero-order chi connectivity index (χ0) is 19.3. The molecule has 2 aromatic carbocycles. The first kappa shape index (κ1) is 19.1. The number of amides is 2. The number of nitrogens with one attached hydrogen (secondary N) is 2. The number of hydrazone groups is 1. The van der Waals surface area contributed by atoms with Gasteiger partial charge in [0.05, 0.1) is 15.6 Å². The summed E-state index contributed by atoms with van der Waals surface area (Å²) in [5.74, 6) is -1.21. The highest BCUT2D eigenvalue weighted by Crippen LogP contribution is 2.34. The number of halogens is 1. The van der Waals surface area contributed by atoms with Crippen molar-refractivity contribution >= 4 is 45.3 Å². The van der Waals surface area contributed by atoms with Gasteiger partial charge in [0.15, 0.2) is 0 Å². The monoisotopic (exact) mass is 420 g/mol. The molecule has 2 amide bonds. The molecule has 0 aromatic heterocycles. The van der Waals surface area contributed by atoms with E-state index in [1.807, 2.05) is 0 Å². The second-order valence-corrected chi connectivity index (χ2v) is 5.94. The van der Waals surface area contributed by atoms with Crippen LogP contribution < -0.4 is 10.7 Å². The Bertz CT molecular complexity index is 896. The van der Waals surface area contributed by atoms with Gasteiger partial charge in [-0.3, -0.25) is 19.7 Å². The molecule has 0 saturated heterocycles. The minimum atomic E-state index is -0.730. The van der Waals surface area contributed by atoms with E-state index in [4.69, 9.17) is 0 Å². The molecule has 0 heterocycles. The number of rotatable bonds is 5. The van der Waals surface area contributed by atoms with E-state index in [1.54, 1.807) is 12.1 Å². The highest BCUT2D eigenvalue weighted by atomic mass is 79.9. The number of nitro groups is 1. The van der Waals surface area contributed by atoms with Crippen molar-refractivity contribution < 1.29 is 19.6 Å². The minimum Gasteiger partial charge on any atom is -0.501 e. The van der Waals surface area contributed by atoms with Gasteiger partial charge >= 0.3 is 5.69 Å². The first-order valence-electron chi connectivity index (χ1n) is 7.16. The molecule has 0 aliphatic heterocycles. The van der Waals surface area contributed by atoms with E-state index in [0.717, 1.165) is 6.07 Å². The van der Waals surface area contributed by atoms with Crippen LogP contribution in [0, 0.1) is 10.1 Å². The molecule has 26 heavy (non-hydrogen) atoms. The third-order valence-electron chi connectivity index (χ3n) is 3.11. The fourth-order valence-corrected chi connectivity index (χ4v) is 2.42. The lowest BCUT2D eigenvalue weighted by Gasteiger charge is -2.04. The summed E-state index contributed by atoms with van der Waals surface area (Å²) in [5.41, 5.74) is 2.98. The maximum Gasteiger partial charge on any atom is 0.312 e. The van der Waals surface area contributed by atoms with Crippen molar-refractivity contribution in [1.29, 1.82) is 0 Å². The van der Waals surface area contributed by atoms with Gasteiger partial charge in [0.2, 0.25) is 11.7 Å². The Kier molecular flexibility index (Phi) is 6.02. The van der Waals surface area contributed by atoms with Gasteiger partial charge in [0, 0.05) is 29.8 Å². The van der Waals surface area contributed by atoms with Gasteiger partial charge in [-0.25, -0.2) is 5.43 Å². The summed E-state index contributed by atoms with van der Waals surface area (Å²) in [6.45, 7) is 1.38. The maximum absolute atomic E-state index is 12.0. The number of hydrogen-bond donors (Lipinski definition) is 3. The number of phenolic OH excluding ortho intramolecular Hbond substituents is 1. The molecule has 0 spiro atoms. The van der Waals surface area contributed by atoms with Crippen LogP contribution in [0.2, 0.25) is 0 Å². The lowest BCUT2D eigenvalue weighted by atomic mass is 10.2. The van der Waals surface area contributed by atoms with Crippen LogP contribution in [0.4, 0.5) is 11.4 Å². The molecule has 0 atom stereocenters. The SMILES string of the molecule is CC(=O)Nc1ccc(C(=O)NN=Cc2cc(Br)c(O)c([N+](=O)[O-])c2)cc1. The van der Waals surface area contributed by atoms with Gasteiger partial charge in [-0.15, -0.1) is 0 Å². The predicted molar refractivity (Wildman–Crippen MR) is 98.3 cm³/mol. The van der Waals surface area contributed by atoms with Crippen LogP contribution in [0.5, 0.6) is 5.75 Å². The highest BCUT2D eigenvalue weighted by molar-refractivity contribution is 9.10. The molecule has 0 aliphatic rings. The van der Waals surface area contributed by atoms with Crippen LogP contribution in [-0.4, -0.2) is 28.1 Å². The number of benzene rings is 2. The molecule has 134 valence electrons. The Balaban J connectivity index is 2.07. The Morgan fingerprint density at radius 2 is 1.92 bits per heavy atom. The number of carbonyl (C=O) groups is 2. The molecule has 0 bridgehead atoms. The van der Waals surface area contributed by atoms with Crippen molar-refractivity contribution in [2.24, 2.45) is 5.10 Å². The lowest BCUT2D eigenvalue weighted by Crippen LogP contribution is -2.17. The number of carbonyl (C=O) groups excluding carboxylic acids is 2. The Morgan fingerprint density at radius 1 is 1.27 bits per heavy atom.